The summed E-state index contributed by atoms with van der Waals surface area (Å²) in [6, 6.07) is 16.3. The van der Waals surface area contributed by atoms with Crippen LogP contribution in [0.4, 0.5) is 0 Å². The second-order valence-corrected chi connectivity index (χ2v) is 12.5. The first-order chi connectivity index (χ1) is 19.2. The standard InChI is InChI=1S/C31H38N3O6S/c1-30(2,3)39-33-22(17-20-13-9-7-10-14-20)25(35)27(37)24-29(41-19-32-24)28(38)26(36)23(34-40-31(4,5)6)18-21-15-11-8-12-16-21/h7-16,19,22-23,33-34,41H,17-18H2,1-6H3. The fraction of sp³-hybridized carbons (Fsp3) is 0.387. The summed E-state index contributed by atoms with van der Waals surface area (Å²) in [5, 5.41) is 0. The fourth-order valence-electron chi connectivity index (χ4n) is 3.72. The van der Waals surface area contributed by atoms with E-state index in [0.29, 0.717) is 0 Å². The van der Waals surface area contributed by atoms with E-state index in [0.717, 1.165) is 11.1 Å². The molecular weight excluding hydrogens is 542 g/mol. The highest BCUT2D eigenvalue weighted by Gasteiger charge is 2.37. The Morgan fingerprint density at radius 3 is 1.54 bits per heavy atom. The molecule has 41 heavy (non-hydrogen) atoms. The molecule has 0 aliphatic carbocycles. The number of hydroxylamine groups is 2. The van der Waals surface area contributed by atoms with Gasteiger partial charge in [-0.05, 0) is 65.5 Å². The zero-order valence-electron chi connectivity index (χ0n) is 24.3. The van der Waals surface area contributed by atoms with Crippen LogP contribution in [0.2, 0.25) is 0 Å². The summed E-state index contributed by atoms with van der Waals surface area (Å²) in [5.41, 5.74) is 6.83. The van der Waals surface area contributed by atoms with Gasteiger partial charge in [0.05, 0.1) is 21.7 Å². The Morgan fingerprint density at radius 1 is 0.707 bits per heavy atom. The molecule has 0 bridgehead atoms. The fourth-order valence-corrected chi connectivity index (χ4v) is 4.52. The number of aliphatic imine (C=N–C) groups is 1. The highest BCUT2D eigenvalue weighted by atomic mass is 32.2. The minimum Gasteiger partial charge on any atom is -0.295 e. The van der Waals surface area contributed by atoms with E-state index in [1.165, 1.54) is 5.55 Å². The van der Waals surface area contributed by atoms with E-state index in [9.17, 15) is 19.2 Å². The summed E-state index contributed by atoms with van der Waals surface area (Å²) in [5.74, 6) is -3.48. The molecule has 2 atom stereocenters. The number of benzene rings is 2. The largest absolute Gasteiger partial charge is 0.295 e. The van der Waals surface area contributed by atoms with Gasteiger partial charge in [0.25, 0.3) is 0 Å². The first-order valence-electron chi connectivity index (χ1n) is 13.3. The van der Waals surface area contributed by atoms with Crippen molar-refractivity contribution in [3.8, 4) is 0 Å². The van der Waals surface area contributed by atoms with Crippen LogP contribution in [0.25, 0.3) is 0 Å². The van der Waals surface area contributed by atoms with E-state index in [2.05, 4.69) is 16.0 Å². The van der Waals surface area contributed by atoms with Gasteiger partial charge in [0.1, 0.15) is 17.8 Å². The van der Waals surface area contributed by atoms with Crippen molar-refractivity contribution in [3.63, 3.8) is 0 Å². The van der Waals surface area contributed by atoms with Crippen LogP contribution in [0.15, 0.2) is 76.3 Å². The lowest BCUT2D eigenvalue weighted by atomic mass is 9.97. The van der Waals surface area contributed by atoms with Crippen molar-refractivity contribution in [3.05, 3.63) is 82.4 Å². The average Bonchev–Trinajstić information content (AvgIpc) is 3.42. The van der Waals surface area contributed by atoms with Gasteiger partial charge in [-0.1, -0.05) is 60.7 Å². The zero-order chi connectivity index (χ0) is 30.2. The number of hydrogen-bond acceptors (Lipinski definition) is 9. The van der Waals surface area contributed by atoms with Gasteiger partial charge in [-0.3, -0.25) is 28.9 Å². The molecule has 1 aliphatic heterocycles. The lowest BCUT2D eigenvalue weighted by Gasteiger charge is -2.25. The number of carbonyl (C=O) groups is 4. The molecule has 0 amide bonds. The highest BCUT2D eigenvalue weighted by molar-refractivity contribution is 8.16. The van der Waals surface area contributed by atoms with E-state index >= 15 is 0 Å². The predicted molar refractivity (Wildman–Crippen MR) is 160 cm³/mol. The topological polar surface area (TPSA) is 123 Å². The second-order valence-electron chi connectivity index (χ2n) is 11.6. The Bertz CT molecular complexity index is 1310. The number of carbonyl (C=O) groups excluding carboxylic acids is 4. The predicted octanol–water partition coefficient (Wildman–Crippen LogP) is 3.84. The smallest absolute Gasteiger partial charge is 0.249 e. The molecule has 219 valence electrons. The van der Waals surface area contributed by atoms with Gasteiger partial charge >= 0.3 is 0 Å². The molecule has 3 rings (SSSR count). The van der Waals surface area contributed by atoms with E-state index in [4.69, 9.17) is 9.68 Å². The van der Waals surface area contributed by atoms with Gasteiger partial charge in [0.2, 0.25) is 23.1 Å². The van der Waals surface area contributed by atoms with Crippen LogP contribution >= 0.6 is 11.8 Å². The van der Waals surface area contributed by atoms with E-state index in [1.54, 1.807) is 20.8 Å². The quantitative estimate of drug-likeness (QED) is 0.175. The Hall–Kier alpha value is -3.28. The summed E-state index contributed by atoms with van der Waals surface area (Å²) < 4.78 is 0. The molecule has 0 fully saturated rings. The van der Waals surface area contributed by atoms with Crippen molar-refractivity contribution in [1.29, 1.82) is 0 Å². The van der Waals surface area contributed by atoms with Gasteiger partial charge in [0.15, 0.2) is 0 Å². The summed E-state index contributed by atoms with van der Waals surface area (Å²) in [6.45, 7) is 10.8. The molecule has 0 saturated carbocycles. The Labute approximate surface area is 245 Å². The van der Waals surface area contributed by atoms with Crippen LogP contribution in [0.1, 0.15) is 52.7 Å². The summed E-state index contributed by atoms with van der Waals surface area (Å²) >= 11 is 0.256. The number of rotatable bonds is 14. The number of Topliss-reactive ketones (excluding diaryl/α,β-unsaturated/α-hetero) is 4. The number of allylic oxidation sites excluding steroid dienone is 2. The molecule has 1 heterocycles. The lowest BCUT2D eigenvalue weighted by molar-refractivity contribution is -0.143. The molecule has 0 spiro atoms. The molecule has 9 nitrogen and oxygen atoms in total. The van der Waals surface area contributed by atoms with E-state index < -0.39 is 46.4 Å². The summed E-state index contributed by atoms with van der Waals surface area (Å²) in [4.78, 5) is 69.0. The van der Waals surface area contributed by atoms with Crippen LogP contribution in [0.5, 0.6) is 0 Å². The Morgan fingerprint density at radius 2 is 1.12 bits per heavy atom. The average molecular weight is 581 g/mol. The Balaban J connectivity index is 1.85. The molecule has 2 aromatic carbocycles. The molecule has 2 unspecified atom stereocenters. The number of hydrogen-bond donors (Lipinski definition) is 3. The number of thiol groups is 1. The Kier molecular flexibility index (Phi) is 11.1. The summed E-state index contributed by atoms with van der Waals surface area (Å²) in [6.07, 6.45) is 0.355. The first kappa shape index (κ1) is 32.2. The summed E-state index contributed by atoms with van der Waals surface area (Å²) in [7, 11) is 0. The molecule has 1 aliphatic rings. The third-order valence-electron chi connectivity index (χ3n) is 5.69. The van der Waals surface area contributed by atoms with Gasteiger partial charge < -0.3 is 0 Å². The van der Waals surface area contributed by atoms with Gasteiger partial charge in [0, 0.05) is 0 Å². The van der Waals surface area contributed by atoms with Crippen LogP contribution in [0, 0.1) is 0 Å². The van der Waals surface area contributed by atoms with Crippen LogP contribution in [0.3, 0.4) is 0 Å². The maximum absolute atomic E-state index is 13.5. The van der Waals surface area contributed by atoms with Crippen LogP contribution < -0.4 is 11.0 Å². The molecule has 1 radical (unpaired) electrons. The van der Waals surface area contributed by atoms with Crippen molar-refractivity contribution in [2.75, 3.05) is 0 Å². The minimum atomic E-state index is -1.04. The maximum Gasteiger partial charge on any atom is 0.249 e. The third-order valence-corrected chi connectivity index (χ3v) is 6.59. The third kappa shape index (κ3) is 9.94. The van der Waals surface area contributed by atoms with E-state index in [1.807, 2.05) is 81.4 Å². The normalized spacial score (nSPS) is 15.1. The van der Waals surface area contributed by atoms with Gasteiger partial charge in [-0.25, -0.2) is 4.99 Å². The molecular formula is C31H38N3O6S. The first-order valence-corrected chi connectivity index (χ1v) is 14.3. The lowest BCUT2D eigenvalue weighted by Crippen LogP contribution is -2.46. The molecule has 2 N–H and O–H groups in total. The number of nitrogens with zero attached hydrogens (tertiary/aromatic N) is 1. The van der Waals surface area contributed by atoms with Crippen LogP contribution in [-0.4, -0.2) is 52.0 Å². The van der Waals surface area contributed by atoms with Crippen molar-refractivity contribution >= 4 is 40.4 Å². The highest BCUT2D eigenvalue weighted by Crippen LogP contribution is 2.28. The van der Waals surface area contributed by atoms with Crippen molar-refractivity contribution < 1.29 is 28.9 Å². The number of ketones is 4. The van der Waals surface area contributed by atoms with Crippen molar-refractivity contribution in [1.82, 2.24) is 11.0 Å². The molecule has 2 aromatic rings. The second kappa shape index (κ2) is 14.1. The minimum absolute atomic E-state index is 0.140. The van der Waals surface area contributed by atoms with Gasteiger partial charge in [-0.15, -0.1) is 11.8 Å². The van der Waals surface area contributed by atoms with Crippen LogP contribution in [-0.2, 0) is 41.7 Å². The SMILES string of the molecule is CC(C)(C)ONC(Cc1ccccc1)C(=O)C(=O)C1=C(C(=O)C(=O)C(Cc2ccccc2)NOC(C)(C)C)[SH]C=N1. The maximum atomic E-state index is 13.5. The van der Waals surface area contributed by atoms with Crippen molar-refractivity contribution in [2.45, 2.75) is 77.7 Å². The molecule has 0 aromatic heterocycles. The zero-order valence-corrected chi connectivity index (χ0v) is 25.2. The van der Waals surface area contributed by atoms with E-state index in [-0.39, 0.29) is 35.2 Å². The number of nitrogens with one attached hydrogen (secondary N) is 2. The monoisotopic (exact) mass is 580 g/mol. The van der Waals surface area contributed by atoms with Crippen molar-refractivity contribution in [2.24, 2.45) is 4.99 Å². The van der Waals surface area contributed by atoms with Gasteiger partial charge in [-0.2, -0.15) is 11.0 Å². The molecule has 10 heteroatoms. The molecule has 0 saturated heterocycles.